The van der Waals surface area contributed by atoms with E-state index in [0.717, 1.165) is 5.82 Å². The summed E-state index contributed by atoms with van der Waals surface area (Å²) in [6.07, 6.45) is 1.67. The van der Waals surface area contributed by atoms with Crippen molar-refractivity contribution in [2.45, 2.75) is 13.8 Å². The summed E-state index contributed by atoms with van der Waals surface area (Å²) >= 11 is 0. The molecule has 6 nitrogen and oxygen atoms in total. The minimum atomic E-state index is -0.417. The van der Waals surface area contributed by atoms with Crippen molar-refractivity contribution in [3.8, 4) is 0 Å². The summed E-state index contributed by atoms with van der Waals surface area (Å²) in [7, 11) is 0. The van der Waals surface area contributed by atoms with Gasteiger partial charge in [-0.25, -0.2) is 0 Å². The average molecular weight is 192 g/mol. The largest absolute Gasteiger partial charge is 0.286 e. The average Bonchev–Trinajstić information content (AvgIpc) is 2.46. The van der Waals surface area contributed by atoms with E-state index in [1.165, 1.54) is 6.07 Å². The van der Waals surface area contributed by atoms with Gasteiger partial charge in [-0.3, -0.25) is 14.5 Å². The maximum Gasteiger partial charge on any atom is 0.277 e. The summed E-state index contributed by atoms with van der Waals surface area (Å²) in [5, 5.41) is 18.3. The van der Waals surface area contributed by atoms with Crippen LogP contribution in [0.4, 0.5) is 5.69 Å². The highest BCUT2D eigenvalue weighted by atomic mass is 16.6. The summed E-state index contributed by atoms with van der Waals surface area (Å²) in [6.45, 7) is 3.49. The molecule has 2 heterocycles. The monoisotopic (exact) mass is 192 g/mol. The van der Waals surface area contributed by atoms with Crippen molar-refractivity contribution >= 4 is 11.3 Å². The number of nitro groups is 1. The summed E-state index contributed by atoms with van der Waals surface area (Å²) in [4.78, 5) is 10.2. The molecule has 0 aliphatic heterocycles. The summed E-state index contributed by atoms with van der Waals surface area (Å²) in [6, 6.07) is 1.43. The molecule has 0 saturated heterocycles. The standard InChI is InChI=1S/C8H8N4O2/c1-5-4-11-6(2)9-10-8(11)3-7(5)12(13)14/h3-4H,1-2H3. The van der Waals surface area contributed by atoms with E-state index in [4.69, 9.17) is 0 Å². The number of aromatic nitrogens is 3. The minimum Gasteiger partial charge on any atom is -0.286 e. The molecule has 0 atom stereocenters. The van der Waals surface area contributed by atoms with Crippen LogP contribution in [0.1, 0.15) is 11.4 Å². The molecule has 0 unspecified atom stereocenters. The number of rotatable bonds is 1. The highest BCUT2D eigenvalue weighted by Gasteiger charge is 2.13. The van der Waals surface area contributed by atoms with Gasteiger partial charge in [0.05, 0.1) is 11.0 Å². The van der Waals surface area contributed by atoms with Crippen LogP contribution >= 0.6 is 0 Å². The van der Waals surface area contributed by atoms with Crippen LogP contribution in [0.15, 0.2) is 12.3 Å². The molecular weight excluding hydrogens is 184 g/mol. The van der Waals surface area contributed by atoms with Gasteiger partial charge in [0.2, 0.25) is 0 Å². The predicted octanol–water partition coefficient (Wildman–Crippen LogP) is 1.25. The molecule has 2 rings (SSSR count). The first-order chi connectivity index (χ1) is 6.59. The van der Waals surface area contributed by atoms with Gasteiger partial charge in [0.15, 0.2) is 5.65 Å². The number of hydrogen-bond donors (Lipinski definition) is 0. The summed E-state index contributed by atoms with van der Waals surface area (Å²) in [5.41, 5.74) is 1.18. The maximum atomic E-state index is 10.6. The lowest BCUT2D eigenvalue weighted by molar-refractivity contribution is -0.385. The van der Waals surface area contributed by atoms with Gasteiger partial charge in [-0.15, -0.1) is 10.2 Å². The van der Waals surface area contributed by atoms with Crippen LogP contribution in [-0.2, 0) is 0 Å². The van der Waals surface area contributed by atoms with Gasteiger partial charge in [-0.2, -0.15) is 0 Å². The molecule has 72 valence electrons. The zero-order valence-electron chi connectivity index (χ0n) is 7.76. The molecule has 0 N–H and O–H groups in total. The maximum absolute atomic E-state index is 10.6. The fraction of sp³-hybridized carbons (Fsp3) is 0.250. The Labute approximate surface area is 79.3 Å². The first-order valence-electron chi connectivity index (χ1n) is 4.06. The SMILES string of the molecule is Cc1cn2c(C)nnc2cc1[N+](=O)[O-]. The number of aryl methyl sites for hydroxylation is 2. The van der Waals surface area contributed by atoms with Gasteiger partial charge in [0, 0.05) is 11.8 Å². The van der Waals surface area contributed by atoms with Gasteiger partial charge in [0.1, 0.15) is 5.82 Å². The fourth-order valence-corrected chi connectivity index (χ4v) is 1.34. The minimum absolute atomic E-state index is 0.0740. The van der Waals surface area contributed by atoms with Crippen molar-refractivity contribution in [3.05, 3.63) is 33.8 Å². The van der Waals surface area contributed by atoms with Gasteiger partial charge in [0.25, 0.3) is 5.69 Å². The van der Waals surface area contributed by atoms with Gasteiger partial charge < -0.3 is 0 Å². The number of pyridine rings is 1. The first-order valence-corrected chi connectivity index (χ1v) is 4.06. The van der Waals surface area contributed by atoms with Crippen LogP contribution in [0, 0.1) is 24.0 Å². The molecule has 0 fully saturated rings. The van der Waals surface area contributed by atoms with Crippen LogP contribution < -0.4 is 0 Å². The van der Waals surface area contributed by atoms with Crippen LogP contribution in [0.3, 0.4) is 0 Å². The van der Waals surface area contributed by atoms with Crippen molar-refractivity contribution in [1.29, 1.82) is 0 Å². The smallest absolute Gasteiger partial charge is 0.277 e. The molecule has 2 aromatic rings. The molecule has 2 aromatic heterocycles. The molecular formula is C8H8N4O2. The Hall–Kier alpha value is -1.98. The lowest BCUT2D eigenvalue weighted by Gasteiger charge is -1.98. The van der Waals surface area contributed by atoms with E-state index < -0.39 is 4.92 Å². The molecule has 0 bridgehead atoms. The van der Waals surface area contributed by atoms with Crippen molar-refractivity contribution in [1.82, 2.24) is 14.6 Å². The molecule has 0 spiro atoms. The fourth-order valence-electron chi connectivity index (χ4n) is 1.34. The van der Waals surface area contributed by atoms with Crippen molar-refractivity contribution in [3.63, 3.8) is 0 Å². The zero-order valence-corrected chi connectivity index (χ0v) is 7.76. The van der Waals surface area contributed by atoms with Crippen molar-refractivity contribution in [2.24, 2.45) is 0 Å². The van der Waals surface area contributed by atoms with Crippen LogP contribution in [0.25, 0.3) is 5.65 Å². The highest BCUT2D eigenvalue weighted by molar-refractivity contribution is 5.51. The lowest BCUT2D eigenvalue weighted by atomic mass is 10.2. The molecule has 6 heteroatoms. The van der Waals surface area contributed by atoms with E-state index in [-0.39, 0.29) is 5.69 Å². The molecule has 14 heavy (non-hydrogen) atoms. The van der Waals surface area contributed by atoms with E-state index in [0.29, 0.717) is 11.2 Å². The third-order valence-corrected chi connectivity index (χ3v) is 2.08. The van der Waals surface area contributed by atoms with E-state index in [9.17, 15) is 10.1 Å². The third-order valence-electron chi connectivity index (χ3n) is 2.08. The van der Waals surface area contributed by atoms with Crippen LogP contribution in [0.2, 0.25) is 0 Å². The Morgan fingerprint density at radius 1 is 1.43 bits per heavy atom. The first kappa shape index (κ1) is 8.61. The Kier molecular flexibility index (Phi) is 1.70. The lowest BCUT2D eigenvalue weighted by Crippen LogP contribution is -1.96. The number of hydrogen-bond acceptors (Lipinski definition) is 4. The van der Waals surface area contributed by atoms with Crippen LogP contribution in [-0.4, -0.2) is 19.5 Å². The Balaban J connectivity index is 2.79. The second-order valence-electron chi connectivity index (χ2n) is 3.07. The van der Waals surface area contributed by atoms with E-state index in [1.54, 1.807) is 24.4 Å². The molecule has 0 amide bonds. The number of nitrogens with zero attached hydrogens (tertiary/aromatic N) is 4. The predicted molar refractivity (Wildman–Crippen MR) is 49.1 cm³/mol. The Morgan fingerprint density at radius 3 is 2.79 bits per heavy atom. The Morgan fingerprint density at radius 2 is 2.14 bits per heavy atom. The van der Waals surface area contributed by atoms with E-state index in [1.807, 2.05) is 0 Å². The topological polar surface area (TPSA) is 73.3 Å². The summed E-state index contributed by atoms with van der Waals surface area (Å²) in [5.74, 6) is 0.720. The Bertz CT molecular complexity index is 517. The molecule has 0 radical (unpaired) electrons. The van der Waals surface area contributed by atoms with Gasteiger partial charge in [-0.1, -0.05) is 0 Å². The second kappa shape index (κ2) is 2.76. The highest BCUT2D eigenvalue weighted by Crippen LogP contribution is 2.19. The molecule has 0 aromatic carbocycles. The van der Waals surface area contributed by atoms with Gasteiger partial charge in [-0.05, 0) is 13.8 Å². The van der Waals surface area contributed by atoms with Crippen molar-refractivity contribution < 1.29 is 4.92 Å². The second-order valence-corrected chi connectivity index (χ2v) is 3.07. The van der Waals surface area contributed by atoms with Crippen molar-refractivity contribution in [2.75, 3.05) is 0 Å². The normalized spacial score (nSPS) is 10.7. The van der Waals surface area contributed by atoms with Crippen LogP contribution in [0.5, 0.6) is 0 Å². The summed E-state index contributed by atoms with van der Waals surface area (Å²) < 4.78 is 1.72. The quantitative estimate of drug-likeness (QED) is 0.503. The number of fused-ring (bicyclic) bond motifs is 1. The van der Waals surface area contributed by atoms with E-state index in [2.05, 4.69) is 10.2 Å². The van der Waals surface area contributed by atoms with E-state index >= 15 is 0 Å². The van der Waals surface area contributed by atoms with Gasteiger partial charge >= 0.3 is 0 Å². The molecule has 0 saturated carbocycles. The molecule has 0 aliphatic carbocycles. The third kappa shape index (κ3) is 1.12. The zero-order chi connectivity index (χ0) is 10.3. The molecule has 0 aliphatic rings.